The third kappa shape index (κ3) is 1.88. The smallest absolute Gasteiger partial charge is 0.336 e. The lowest BCUT2D eigenvalue weighted by Gasteiger charge is -2.10. The molecular formula is C12H9BrO2. The summed E-state index contributed by atoms with van der Waals surface area (Å²) < 4.78 is 0. The van der Waals surface area contributed by atoms with Crippen molar-refractivity contribution in [3.05, 3.63) is 53.6 Å². The Bertz CT molecular complexity index is 460. The van der Waals surface area contributed by atoms with Crippen molar-refractivity contribution >= 4 is 27.5 Å². The van der Waals surface area contributed by atoms with Crippen LogP contribution in [0.4, 0.5) is 0 Å². The minimum Gasteiger partial charge on any atom is -0.478 e. The summed E-state index contributed by atoms with van der Waals surface area (Å²) in [7, 11) is 0. The first-order valence-corrected chi connectivity index (χ1v) is 5.47. The average molecular weight is 265 g/mol. The fourth-order valence-corrected chi connectivity index (χ4v) is 2.19. The predicted molar refractivity (Wildman–Crippen MR) is 62.9 cm³/mol. The fourth-order valence-electron chi connectivity index (χ4n) is 1.61. The Morgan fingerprint density at radius 1 is 1.33 bits per heavy atom. The Kier molecular flexibility index (Phi) is 2.73. The molecule has 1 aromatic rings. The minimum atomic E-state index is -0.895. The first kappa shape index (κ1) is 10.2. The summed E-state index contributed by atoms with van der Waals surface area (Å²) in [6.07, 6.45) is 5.32. The topological polar surface area (TPSA) is 37.3 Å². The molecule has 0 aliphatic heterocycles. The van der Waals surface area contributed by atoms with E-state index < -0.39 is 5.97 Å². The van der Waals surface area contributed by atoms with Crippen LogP contribution in [0.1, 0.15) is 16.0 Å². The second kappa shape index (κ2) is 4.03. The molecule has 1 N–H and O–H groups in total. The largest absolute Gasteiger partial charge is 0.478 e. The molecule has 0 saturated heterocycles. The molecule has 3 heteroatoms. The SMILES string of the molecule is O=C(O)C1=CC=CC(Br)c2ccccc21. The number of halogens is 1. The van der Waals surface area contributed by atoms with Gasteiger partial charge in [0.05, 0.1) is 10.4 Å². The maximum atomic E-state index is 11.1. The molecule has 0 bridgehead atoms. The van der Waals surface area contributed by atoms with E-state index in [-0.39, 0.29) is 4.83 Å². The second-order valence-corrected chi connectivity index (χ2v) is 4.25. The first-order valence-electron chi connectivity index (χ1n) is 4.55. The molecule has 1 atom stereocenters. The highest BCUT2D eigenvalue weighted by molar-refractivity contribution is 9.09. The summed E-state index contributed by atoms with van der Waals surface area (Å²) in [6, 6.07) is 7.52. The standard InChI is InChI=1S/C12H9BrO2/c13-11-7-3-6-10(12(14)15)8-4-1-2-5-9(8)11/h1-7,11H,(H,14,15). The van der Waals surface area contributed by atoms with E-state index in [1.165, 1.54) is 0 Å². The molecule has 1 unspecified atom stereocenters. The van der Waals surface area contributed by atoms with E-state index in [9.17, 15) is 4.79 Å². The number of allylic oxidation sites excluding steroid dienone is 3. The lowest BCUT2D eigenvalue weighted by Crippen LogP contribution is -2.02. The van der Waals surface area contributed by atoms with Crippen LogP contribution in [-0.2, 0) is 4.79 Å². The molecule has 0 aromatic heterocycles. The van der Waals surface area contributed by atoms with Crippen LogP contribution in [0.15, 0.2) is 42.5 Å². The fraction of sp³-hybridized carbons (Fsp3) is 0.0833. The number of hydrogen-bond donors (Lipinski definition) is 1. The van der Waals surface area contributed by atoms with Crippen LogP contribution in [0.25, 0.3) is 5.57 Å². The highest BCUT2D eigenvalue weighted by atomic mass is 79.9. The van der Waals surface area contributed by atoms with Crippen molar-refractivity contribution in [1.29, 1.82) is 0 Å². The Morgan fingerprint density at radius 2 is 2.07 bits per heavy atom. The van der Waals surface area contributed by atoms with Gasteiger partial charge in [-0.2, -0.15) is 0 Å². The van der Waals surface area contributed by atoms with Crippen molar-refractivity contribution in [3.8, 4) is 0 Å². The summed E-state index contributed by atoms with van der Waals surface area (Å²) >= 11 is 3.50. The zero-order chi connectivity index (χ0) is 10.8. The number of hydrogen-bond acceptors (Lipinski definition) is 1. The summed E-state index contributed by atoms with van der Waals surface area (Å²) in [5.41, 5.74) is 2.10. The number of carboxylic acid groups (broad SMARTS) is 1. The van der Waals surface area contributed by atoms with Crippen LogP contribution in [-0.4, -0.2) is 11.1 Å². The molecule has 15 heavy (non-hydrogen) atoms. The molecule has 0 heterocycles. The lowest BCUT2D eigenvalue weighted by molar-refractivity contribution is -0.130. The lowest BCUT2D eigenvalue weighted by atomic mass is 9.99. The monoisotopic (exact) mass is 264 g/mol. The number of alkyl halides is 1. The molecule has 0 spiro atoms. The Hall–Kier alpha value is -1.35. The molecule has 1 aliphatic rings. The molecule has 0 saturated carbocycles. The van der Waals surface area contributed by atoms with E-state index in [0.29, 0.717) is 5.57 Å². The van der Waals surface area contributed by atoms with Gasteiger partial charge in [-0.3, -0.25) is 0 Å². The average Bonchev–Trinajstić information content (AvgIpc) is 2.39. The van der Waals surface area contributed by atoms with Gasteiger partial charge in [0.25, 0.3) is 0 Å². The first-order chi connectivity index (χ1) is 7.20. The van der Waals surface area contributed by atoms with Crippen molar-refractivity contribution in [2.45, 2.75) is 4.83 Å². The van der Waals surface area contributed by atoms with Gasteiger partial charge in [-0.15, -0.1) is 0 Å². The maximum absolute atomic E-state index is 11.1. The van der Waals surface area contributed by atoms with Crippen LogP contribution >= 0.6 is 15.9 Å². The van der Waals surface area contributed by atoms with Crippen LogP contribution in [0.2, 0.25) is 0 Å². The van der Waals surface area contributed by atoms with Gasteiger partial charge in [0.15, 0.2) is 0 Å². The van der Waals surface area contributed by atoms with Crippen LogP contribution in [0.5, 0.6) is 0 Å². The Labute approximate surface area is 96.1 Å². The van der Waals surface area contributed by atoms with Gasteiger partial charge in [-0.1, -0.05) is 52.3 Å². The van der Waals surface area contributed by atoms with Crippen LogP contribution in [0.3, 0.4) is 0 Å². The number of rotatable bonds is 1. The Morgan fingerprint density at radius 3 is 2.80 bits per heavy atom. The highest BCUT2D eigenvalue weighted by Crippen LogP contribution is 2.33. The zero-order valence-corrected chi connectivity index (χ0v) is 9.44. The summed E-state index contributed by atoms with van der Waals surface area (Å²) in [5.74, 6) is -0.895. The number of carbonyl (C=O) groups is 1. The van der Waals surface area contributed by atoms with E-state index in [1.54, 1.807) is 12.2 Å². The minimum absolute atomic E-state index is 0.0711. The van der Waals surface area contributed by atoms with E-state index in [4.69, 9.17) is 5.11 Å². The predicted octanol–water partition coefficient (Wildman–Crippen LogP) is 3.16. The second-order valence-electron chi connectivity index (χ2n) is 3.26. The summed E-state index contributed by atoms with van der Waals surface area (Å²) in [5, 5.41) is 9.08. The van der Waals surface area contributed by atoms with Gasteiger partial charge in [-0.05, 0) is 17.2 Å². The Balaban J connectivity index is 2.63. The van der Waals surface area contributed by atoms with Gasteiger partial charge >= 0.3 is 5.97 Å². The van der Waals surface area contributed by atoms with Crippen LogP contribution in [0, 0.1) is 0 Å². The molecular weight excluding hydrogens is 256 g/mol. The van der Waals surface area contributed by atoms with E-state index in [1.807, 2.05) is 30.3 Å². The number of aliphatic carboxylic acids is 1. The quantitative estimate of drug-likeness (QED) is 0.792. The van der Waals surface area contributed by atoms with Crippen molar-refractivity contribution in [2.24, 2.45) is 0 Å². The van der Waals surface area contributed by atoms with Crippen LogP contribution < -0.4 is 0 Å². The molecule has 0 amide bonds. The van der Waals surface area contributed by atoms with Gasteiger partial charge in [0, 0.05) is 0 Å². The van der Waals surface area contributed by atoms with Crippen molar-refractivity contribution in [1.82, 2.24) is 0 Å². The van der Waals surface area contributed by atoms with Gasteiger partial charge in [-0.25, -0.2) is 4.79 Å². The molecule has 1 aromatic carbocycles. The highest BCUT2D eigenvalue weighted by Gasteiger charge is 2.18. The van der Waals surface area contributed by atoms with E-state index >= 15 is 0 Å². The van der Waals surface area contributed by atoms with E-state index in [2.05, 4.69) is 15.9 Å². The molecule has 1 aliphatic carbocycles. The molecule has 0 radical (unpaired) electrons. The number of benzene rings is 1. The van der Waals surface area contributed by atoms with Gasteiger partial charge in [0.1, 0.15) is 0 Å². The van der Waals surface area contributed by atoms with E-state index in [0.717, 1.165) is 11.1 Å². The maximum Gasteiger partial charge on any atom is 0.336 e. The third-order valence-electron chi connectivity index (χ3n) is 2.32. The summed E-state index contributed by atoms with van der Waals surface area (Å²) in [4.78, 5) is 11.1. The molecule has 2 rings (SSSR count). The zero-order valence-electron chi connectivity index (χ0n) is 7.85. The molecule has 0 fully saturated rings. The number of carboxylic acids is 1. The molecule has 2 nitrogen and oxygen atoms in total. The van der Waals surface area contributed by atoms with Gasteiger partial charge < -0.3 is 5.11 Å². The van der Waals surface area contributed by atoms with Crippen molar-refractivity contribution in [2.75, 3.05) is 0 Å². The van der Waals surface area contributed by atoms with Crippen molar-refractivity contribution in [3.63, 3.8) is 0 Å². The normalized spacial score (nSPS) is 19.0. The summed E-state index contributed by atoms with van der Waals surface area (Å²) in [6.45, 7) is 0. The molecule has 76 valence electrons. The number of fused-ring (bicyclic) bond motifs is 1. The van der Waals surface area contributed by atoms with Gasteiger partial charge in [0.2, 0.25) is 0 Å². The third-order valence-corrected chi connectivity index (χ3v) is 3.12. The van der Waals surface area contributed by atoms with Crippen molar-refractivity contribution < 1.29 is 9.90 Å².